The van der Waals surface area contributed by atoms with E-state index in [1.54, 1.807) is 0 Å². The maximum atomic E-state index is 11.0. The predicted molar refractivity (Wildman–Crippen MR) is 61.1 cm³/mol. The first-order valence-corrected chi connectivity index (χ1v) is 7.56. The highest BCUT2D eigenvalue weighted by atomic mass is 32.2. The summed E-state index contributed by atoms with van der Waals surface area (Å²) in [4.78, 5) is 0. The summed E-state index contributed by atoms with van der Waals surface area (Å²) in [6, 6.07) is 0. The van der Waals surface area contributed by atoms with Crippen molar-refractivity contribution in [3.63, 3.8) is 0 Å². The Kier molecular flexibility index (Phi) is 4.59. The molecule has 2 atom stereocenters. The predicted octanol–water partition coefficient (Wildman–Crippen LogP) is 2.57. The van der Waals surface area contributed by atoms with Crippen LogP contribution in [0.1, 0.15) is 46.0 Å². The minimum Gasteiger partial charge on any atom is -0.267 e. The van der Waals surface area contributed by atoms with Crippen LogP contribution in [-0.2, 0) is 14.3 Å². The fraction of sp³-hybridized carbons (Fsp3) is 1.00. The summed E-state index contributed by atoms with van der Waals surface area (Å²) in [5.74, 6) is 1.33. The molecule has 1 aliphatic carbocycles. The minimum absolute atomic E-state index is 0.0718. The van der Waals surface area contributed by atoms with Crippen LogP contribution in [0.3, 0.4) is 0 Å². The second-order valence-electron chi connectivity index (χ2n) is 5.08. The van der Waals surface area contributed by atoms with Crippen molar-refractivity contribution in [2.45, 2.75) is 52.1 Å². The monoisotopic (exact) mass is 234 g/mol. The maximum Gasteiger partial charge on any atom is 0.264 e. The van der Waals surface area contributed by atoms with Gasteiger partial charge in [0.2, 0.25) is 0 Å². The van der Waals surface area contributed by atoms with Gasteiger partial charge >= 0.3 is 0 Å². The second-order valence-corrected chi connectivity index (χ2v) is 6.69. The first-order valence-electron chi connectivity index (χ1n) is 5.75. The van der Waals surface area contributed by atoms with Gasteiger partial charge < -0.3 is 0 Å². The molecule has 15 heavy (non-hydrogen) atoms. The van der Waals surface area contributed by atoms with Gasteiger partial charge in [0.25, 0.3) is 10.1 Å². The number of hydrogen-bond donors (Lipinski definition) is 0. The molecule has 1 aliphatic rings. The average molecular weight is 234 g/mol. The zero-order valence-electron chi connectivity index (χ0n) is 9.90. The Labute approximate surface area is 93.3 Å². The molecule has 0 N–H and O–H groups in total. The second kappa shape index (κ2) is 5.30. The standard InChI is InChI=1S/C11H22O3S/c1-9(2)7-10-5-4-6-11(8-10)14-15(3,12)13/h9-11H,4-8H2,1-3H3. The molecule has 0 radical (unpaired) electrons. The zero-order chi connectivity index (χ0) is 11.5. The Morgan fingerprint density at radius 2 is 2.00 bits per heavy atom. The fourth-order valence-corrected chi connectivity index (χ4v) is 3.13. The molecule has 3 nitrogen and oxygen atoms in total. The van der Waals surface area contributed by atoms with Crippen molar-refractivity contribution in [1.82, 2.24) is 0 Å². The van der Waals surface area contributed by atoms with Crippen LogP contribution < -0.4 is 0 Å². The lowest BCUT2D eigenvalue weighted by atomic mass is 9.82. The highest BCUT2D eigenvalue weighted by Gasteiger charge is 2.25. The molecule has 0 amide bonds. The summed E-state index contributed by atoms with van der Waals surface area (Å²) in [6.07, 6.45) is 6.37. The topological polar surface area (TPSA) is 43.4 Å². The highest BCUT2D eigenvalue weighted by Crippen LogP contribution is 2.31. The van der Waals surface area contributed by atoms with E-state index in [0.29, 0.717) is 11.8 Å². The highest BCUT2D eigenvalue weighted by molar-refractivity contribution is 7.86. The summed E-state index contributed by atoms with van der Waals surface area (Å²) in [5, 5.41) is 0. The van der Waals surface area contributed by atoms with E-state index < -0.39 is 10.1 Å². The van der Waals surface area contributed by atoms with Gasteiger partial charge in [-0.05, 0) is 31.1 Å². The van der Waals surface area contributed by atoms with E-state index in [-0.39, 0.29) is 6.10 Å². The first-order chi connectivity index (χ1) is 6.87. The molecular formula is C11H22O3S. The van der Waals surface area contributed by atoms with E-state index in [9.17, 15) is 8.42 Å². The third-order valence-electron chi connectivity index (χ3n) is 2.85. The largest absolute Gasteiger partial charge is 0.267 e. The van der Waals surface area contributed by atoms with Crippen molar-refractivity contribution in [2.75, 3.05) is 6.26 Å². The first kappa shape index (κ1) is 13.0. The molecule has 4 heteroatoms. The van der Waals surface area contributed by atoms with Gasteiger partial charge in [-0.3, -0.25) is 4.18 Å². The van der Waals surface area contributed by atoms with E-state index in [0.717, 1.165) is 25.5 Å². The lowest BCUT2D eigenvalue weighted by Crippen LogP contribution is -2.25. The molecule has 0 aromatic carbocycles. The van der Waals surface area contributed by atoms with E-state index in [1.807, 2.05) is 0 Å². The summed E-state index contributed by atoms with van der Waals surface area (Å²) < 4.78 is 27.1. The van der Waals surface area contributed by atoms with Crippen molar-refractivity contribution in [1.29, 1.82) is 0 Å². The Morgan fingerprint density at radius 3 is 2.53 bits per heavy atom. The van der Waals surface area contributed by atoms with Crippen LogP contribution in [0.5, 0.6) is 0 Å². The molecule has 0 saturated heterocycles. The average Bonchev–Trinajstić information content (AvgIpc) is 1.99. The molecule has 0 heterocycles. The molecule has 0 aliphatic heterocycles. The molecule has 1 fully saturated rings. The van der Waals surface area contributed by atoms with Crippen LogP contribution in [0, 0.1) is 11.8 Å². The summed E-state index contributed by atoms with van der Waals surface area (Å²) in [6.45, 7) is 4.42. The molecule has 0 bridgehead atoms. The molecular weight excluding hydrogens is 212 g/mol. The van der Waals surface area contributed by atoms with Gasteiger partial charge in [-0.1, -0.05) is 26.7 Å². The molecule has 1 rings (SSSR count). The van der Waals surface area contributed by atoms with Crippen molar-refractivity contribution < 1.29 is 12.6 Å². The van der Waals surface area contributed by atoms with Crippen molar-refractivity contribution in [3.8, 4) is 0 Å². The number of hydrogen-bond acceptors (Lipinski definition) is 3. The van der Waals surface area contributed by atoms with Crippen molar-refractivity contribution in [3.05, 3.63) is 0 Å². The van der Waals surface area contributed by atoms with Crippen molar-refractivity contribution >= 4 is 10.1 Å². The molecule has 0 aromatic heterocycles. The Morgan fingerprint density at radius 1 is 1.33 bits per heavy atom. The van der Waals surface area contributed by atoms with Crippen LogP contribution >= 0.6 is 0 Å². The Hall–Kier alpha value is -0.0900. The SMILES string of the molecule is CC(C)CC1CCCC(OS(C)(=O)=O)C1. The summed E-state index contributed by atoms with van der Waals surface area (Å²) in [5.41, 5.74) is 0. The van der Waals surface area contributed by atoms with Gasteiger partial charge in [0.05, 0.1) is 12.4 Å². The third kappa shape index (κ3) is 5.52. The lowest BCUT2D eigenvalue weighted by molar-refractivity contribution is 0.122. The van der Waals surface area contributed by atoms with Gasteiger partial charge in [0.1, 0.15) is 0 Å². The summed E-state index contributed by atoms with van der Waals surface area (Å²) >= 11 is 0. The van der Waals surface area contributed by atoms with Gasteiger partial charge in [-0.2, -0.15) is 8.42 Å². The van der Waals surface area contributed by atoms with Crippen LogP contribution in [0.4, 0.5) is 0 Å². The Balaban J connectivity index is 2.42. The van der Waals surface area contributed by atoms with Crippen LogP contribution in [-0.4, -0.2) is 20.8 Å². The third-order valence-corrected chi connectivity index (χ3v) is 3.47. The van der Waals surface area contributed by atoms with E-state index in [4.69, 9.17) is 4.18 Å². The quantitative estimate of drug-likeness (QED) is 0.702. The van der Waals surface area contributed by atoms with Gasteiger partial charge in [-0.15, -0.1) is 0 Å². The molecule has 2 unspecified atom stereocenters. The molecule has 0 spiro atoms. The molecule has 0 aromatic rings. The van der Waals surface area contributed by atoms with E-state index in [1.165, 1.54) is 12.8 Å². The smallest absolute Gasteiger partial charge is 0.264 e. The van der Waals surface area contributed by atoms with Gasteiger partial charge in [0, 0.05) is 0 Å². The maximum absolute atomic E-state index is 11.0. The normalized spacial score (nSPS) is 28.3. The van der Waals surface area contributed by atoms with Crippen molar-refractivity contribution in [2.24, 2.45) is 11.8 Å². The summed E-state index contributed by atoms with van der Waals surface area (Å²) in [7, 11) is -3.28. The fourth-order valence-electron chi connectivity index (χ4n) is 2.46. The number of rotatable bonds is 4. The van der Waals surface area contributed by atoms with E-state index in [2.05, 4.69) is 13.8 Å². The van der Waals surface area contributed by atoms with E-state index >= 15 is 0 Å². The Bertz CT molecular complexity index is 282. The van der Waals surface area contributed by atoms with Gasteiger partial charge in [-0.25, -0.2) is 0 Å². The van der Waals surface area contributed by atoms with Crippen LogP contribution in [0.15, 0.2) is 0 Å². The van der Waals surface area contributed by atoms with Gasteiger partial charge in [0.15, 0.2) is 0 Å². The zero-order valence-corrected chi connectivity index (χ0v) is 10.7. The van der Waals surface area contributed by atoms with Crippen LogP contribution in [0.25, 0.3) is 0 Å². The van der Waals surface area contributed by atoms with Crippen LogP contribution in [0.2, 0.25) is 0 Å². The molecule has 90 valence electrons. The molecule has 1 saturated carbocycles. The lowest BCUT2D eigenvalue weighted by Gasteiger charge is -2.29. The minimum atomic E-state index is -3.28.